The van der Waals surface area contributed by atoms with Gasteiger partial charge in [0.15, 0.2) is 6.61 Å². The summed E-state index contributed by atoms with van der Waals surface area (Å²) in [5.41, 5.74) is 2.47. The Morgan fingerprint density at radius 3 is 2.43 bits per heavy atom. The van der Waals surface area contributed by atoms with Gasteiger partial charge in [-0.2, -0.15) is 5.26 Å². The fourth-order valence-corrected chi connectivity index (χ4v) is 2.91. The Labute approximate surface area is 162 Å². The molecule has 0 spiro atoms. The molecule has 2 amide bonds. The van der Waals surface area contributed by atoms with E-state index >= 15 is 0 Å². The number of nitriles is 1. The lowest BCUT2D eigenvalue weighted by atomic mass is 10.1. The molecular weight excluding hydrogens is 358 g/mol. The number of nitrogens with one attached hydrogen (secondary N) is 1. The molecule has 0 aliphatic carbocycles. The summed E-state index contributed by atoms with van der Waals surface area (Å²) in [7, 11) is 0. The summed E-state index contributed by atoms with van der Waals surface area (Å²) in [5.74, 6) is -0.993. The number of hydrogen-bond donors (Lipinski definition) is 1. The van der Waals surface area contributed by atoms with Gasteiger partial charge in [-0.15, -0.1) is 0 Å². The van der Waals surface area contributed by atoms with E-state index in [1.165, 1.54) is 0 Å². The minimum absolute atomic E-state index is 0.0765. The van der Waals surface area contributed by atoms with Crippen molar-refractivity contribution in [1.29, 1.82) is 5.26 Å². The van der Waals surface area contributed by atoms with Crippen molar-refractivity contribution >= 4 is 29.2 Å². The summed E-state index contributed by atoms with van der Waals surface area (Å²) in [6.45, 7) is 0.269. The molecule has 7 nitrogen and oxygen atoms in total. The van der Waals surface area contributed by atoms with Crippen molar-refractivity contribution in [2.75, 3.05) is 23.4 Å². The van der Waals surface area contributed by atoms with Crippen molar-refractivity contribution in [3.63, 3.8) is 0 Å². The molecule has 0 unspecified atom stereocenters. The van der Waals surface area contributed by atoms with Gasteiger partial charge in [0.05, 0.1) is 18.1 Å². The van der Waals surface area contributed by atoms with Gasteiger partial charge >= 0.3 is 5.97 Å². The van der Waals surface area contributed by atoms with Crippen LogP contribution in [0.4, 0.5) is 11.4 Å². The number of benzene rings is 2. The summed E-state index contributed by atoms with van der Waals surface area (Å²) in [6.07, 6.45) is 1.68. The Kier molecular flexibility index (Phi) is 6.02. The Hall–Kier alpha value is -3.66. The van der Waals surface area contributed by atoms with Crippen LogP contribution in [0.2, 0.25) is 0 Å². The maximum Gasteiger partial charge on any atom is 0.338 e. The zero-order valence-corrected chi connectivity index (χ0v) is 15.2. The third-order valence-corrected chi connectivity index (χ3v) is 4.34. The van der Waals surface area contributed by atoms with E-state index in [1.807, 2.05) is 6.07 Å². The summed E-state index contributed by atoms with van der Waals surface area (Å²) in [5, 5.41) is 11.3. The number of hydrogen-bond acceptors (Lipinski definition) is 5. The average molecular weight is 377 g/mol. The molecule has 0 aromatic heterocycles. The second kappa shape index (κ2) is 8.82. The van der Waals surface area contributed by atoms with Gasteiger partial charge in [0.1, 0.15) is 0 Å². The molecule has 1 fully saturated rings. The summed E-state index contributed by atoms with van der Waals surface area (Å²) in [6, 6.07) is 15.5. The number of nitrogens with zero attached hydrogens (tertiary/aromatic N) is 2. The predicted octanol–water partition coefficient (Wildman–Crippen LogP) is 2.67. The summed E-state index contributed by atoms with van der Waals surface area (Å²) < 4.78 is 5.04. The lowest BCUT2D eigenvalue weighted by Gasteiger charge is -2.15. The number of rotatable bonds is 6. The minimum Gasteiger partial charge on any atom is -0.452 e. The smallest absolute Gasteiger partial charge is 0.338 e. The lowest BCUT2D eigenvalue weighted by Crippen LogP contribution is -2.23. The molecule has 2 aromatic carbocycles. The van der Waals surface area contributed by atoms with E-state index in [0.29, 0.717) is 30.6 Å². The Balaban J connectivity index is 1.50. The molecule has 28 heavy (non-hydrogen) atoms. The number of esters is 1. The van der Waals surface area contributed by atoms with Crippen molar-refractivity contribution in [1.82, 2.24) is 0 Å². The van der Waals surface area contributed by atoms with Crippen molar-refractivity contribution in [3.8, 4) is 6.07 Å². The highest BCUT2D eigenvalue weighted by Gasteiger charge is 2.21. The zero-order valence-electron chi connectivity index (χ0n) is 15.2. The van der Waals surface area contributed by atoms with Gasteiger partial charge in [0.25, 0.3) is 5.91 Å². The second-order valence-corrected chi connectivity index (χ2v) is 6.35. The van der Waals surface area contributed by atoms with Crippen LogP contribution in [0.15, 0.2) is 48.5 Å². The summed E-state index contributed by atoms with van der Waals surface area (Å²) in [4.78, 5) is 37.5. The van der Waals surface area contributed by atoms with Crippen LogP contribution in [0, 0.1) is 11.3 Å². The SMILES string of the molecule is N#CCc1ccc(NC(=O)COC(=O)c2ccc(N3CCCC3=O)cc2)cc1. The van der Waals surface area contributed by atoms with E-state index in [2.05, 4.69) is 5.32 Å². The number of anilines is 2. The first kappa shape index (κ1) is 19.1. The molecule has 1 aliphatic rings. The van der Waals surface area contributed by atoms with Crippen LogP contribution in [-0.2, 0) is 20.7 Å². The molecule has 7 heteroatoms. The van der Waals surface area contributed by atoms with E-state index in [0.717, 1.165) is 17.7 Å². The topological polar surface area (TPSA) is 99.5 Å². The maximum absolute atomic E-state index is 12.1. The van der Waals surface area contributed by atoms with Crippen LogP contribution < -0.4 is 10.2 Å². The van der Waals surface area contributed by atoms with Crippen LogP contribution in [0.1, 0.15) is 28.8 Å². The van der Waals surface area contributed by atoms with Gasteiger partial charge in [-0.1, -0.05) is 12.1 Å². The standard InChI is InChI=1S/C21H19N3O4/c22-12-11-15-3-7-17(8-4-15)23-19(25)14-28-21(27)16-5-9-18(10-6-16)24-13-1-2-20(24)26/h3-10H,1-2,11,13-14H2,(H,23,25). The Morgan fingerprint density at radius 2 is 1.82 bits per heavy atom. The minimum atomic E-state index is -0.612. The monoisotopic (exact) mass is 377 g/mol. The fraction of sp³-hybridized carbons (Fsp3) is 0.238. The summed E-state index contributed by atoms with van der Waals surface area (Å²) >= 11 is 0. The first-order valence-electron chi connectivity index (χ1n) is 8.90. The number of carbonyl (C=O) groups excluding carboxylic acids is 3. The van der Waals surface area contributed by atoms with Crippen molar-refractivity contribution in [3.05, 3.63) is 59.7 Å². The highest BCUT2D eigenvalue weighted by molar-refractivity contribution is 5.97. The third-order valence-electron chi connectivity index (χ3n) is 4.34. The van der Waals surface area contributed by atoms with Gasteiger partial charge in [0.2, 0.25) is 5.91 Å². The van der Waals surface area contributed by atoms with Crippen LogP contribution in [0.5, 0.6) is 0 Å². The molecule has 3 rings (SSSR count). The highest BCUT2D eigenvalue weighted by Crippen LogP contribution is 2.21. The van der Waals surface area contributed by atoms with Crippen molar-refractivity contribution in [2.24, 2.45) is 0 Å². The molecule has 0 saturated carbocycles. The number of ether oxygens (including phenoxy) is 1. The predicted molar refractivity (Wildman–Crippen MR) is 103 cm³/mol. The average Bonchev–Trinajstić information content (AvgIpc) is 3.14. The van der Waals surface area contributed by atoms with E-state index in [4.69, 9.17) is 10.00 Å². The van der Waals surface area contributed by atoms with Crippen LogP contribution in [0.3, 0.4) is 0 Å². The molecule has 0 radical (unpaired) electrons. The second-order valence-electron chi connectivity index (χ2n) is 6.35. The van der Waals surface area contributed by atoms with Gasteiger partial charge < -0.3 is 15.0 Å². The normalized spacial score (nSPS) is 13.1. The molecule has 1 aliphatic heterocycles. The highest BCUT2D eigenvalue weighted by atomic mass is 16.5. The van der Waals surface area contributed by atoms with Gasteiger partial charge in [-0.05, 0) is 48.4 Å². The maximum atomic E-state index is 12.1. The lowest BCUT2D eigenvalue weighted by molar-refractivity contribution is -0.119. The van der Waals surface area contributed by atoms with E-state index in [-0.39, 0.29) is 5.91 Å². The van der Waals surface area contributed by atoms with Crippen molar-refractivity contribution in [2.45, 2.75) is 19.3 Å². The molecule has 142 valence electrons. The van der Waals surface area contributed by atoms with Crippen LogP contribution in [0.25, 0.3) is 0 Å². The largest absolute Gasteiger partial charge is 0.452 e. The number of carbonyl (C=O) groups is 3. The molecule has 1 heterocycles. The van der Waals surface area contributed by atoms with Gasteiger partial charge in [-0.3, -0.25) is 9.59 Å². The van der Waals surface area contributed by atoms with E-state index in [1.54, 1.807) is 53.4 Å². The first-order chi connectivity index (χ1) is 13.6. The molecule has 0 atom stereocenters. The van der Waals surface area contributed by atoms with Crippen LogP contribution in [-0.4, -0.2) is 30.9 Å². The molecule has 0 bridgehead atoms. The molecule has 1 saturated heterocycles. The molecule has 1 N–H and O–H groups in total. The van der Waals surface area contributed by atoms with E-state index < -0.39 is 18.5 Å². The Bertz CT molecular complexity index is 914. The van der Waals surface area contributed by atoms with Gasteiger partial charge in [0, 0.05) is 24.3 Å². The van der Waals surface area contributed by atoms with Gasteiger partial charge in [-0.25, -0.2) is 4.79 Å². The fourth-order valence-electron chi connectivity index (χ4n) is 2.91. The Morgan fingerprint density at radius 1 is 1.11 bits per heavy atom. The first-order valence-corrected chi connectivity index (χ1v) is 8.90. The zero-order chi connectivity index (χ0) is 19.9. The van der Waals surface area contributed by atoms with Crippen molar-refractivity contribution < 1.29 is 19.1 Å². The van der Waals surface area contributed by atoms with Crippen LogP contribution >= 0.6 is 0 Å². The number of amides is 2. The quantitative estimate of drug-likeness (QED) is 0.780. The molecule has 2 aromatic rings. The third kappa shape index (κ3) is 4.74. The van der Waals surface area contributed by atoms with E-state index in [9.17, 15) is 14.4 Å². The molecular formula is C21H19N3O4.